The Morgan fingerprint density at radius 1 is 1.32 bits per heavy atom. The fraction of sp³-hybridized carbons (Fsp3) is 0.462. The lowest BCUT2D eigenvalue weighted by Gasteiger charge is -2.25. The molecular formula is C13H15F3N2O3S. The largest absolute Gasteiger partial charge is 0.418 e. The Kier molecular flexibility index (Phi) is 4.37. The summed E-state index contributed by atoms with van der Waals surface area (Å²) in [5, 5.41) is 2.56. The summed E-state index contributed by atoms with van der Waals surface area (Å²) in [5.41, 5.74) is -1.65. The minimum Gasteiger partial charge on any atom is -0.352 e. The molecule has 1 aromatic carbocycles. The van der Waals surface area contributed by atoms with Crippen molar-refractivity contribution in [3.63, 3.8) is 0 Å². The van der Waals surface area contributed by atoms with Gasteiger partial charge in [0.15, 0.2) is 0 Å². The number of carbonyl (C=O) groups excluding carboxylic acids is 1. The molecule has 122 valence electrons. The average molecular weight is 336 g/mol. The number of halogens is 3. The van der Waals surface area contributed by atoms with E-state index in [1.807, 2.05) is 0 Å². The predicted octanol–water partition coefficient (Wildman–Crippen LogP) is 1.75. The normalized spacial score (nSPS) is 15.5. The minimum absolute atomic E-state index is 0.00762. The summed E-state index contributed by atoms with van der Waals surface area (Å²) in [5.74, 6) is -0.620. The van der Waals surface area contributed by atoms with Crippen LogP contribution in [0.1, 0.15) is 18.4 Å². The summed E-state index contributed by atoms with van der Waals surface area (Å²) in [4.78, 5) is 11.8. The van der Waals surface area contributed by atoms with Crippen molar-refractivity contribution in [1.29, 1.82) is 0 Å². The van der Waals surface area contributed by atoms with Crippen LogP contribution < -0.4 is 9.62 Å². The second-order valence-electron chi connectivity index (χ2n) is 5.13. The zero-order valence-electron chi connectivity index (χ0n) is 11.7. The van der Waals surface area contributed by atoms with Crippen molar-refractivity contribution in [2.45, 2.75) is 25.1 Å². The number of alkyl halides is 3. The molecule has 1 aliphatic rings. The van der Waals surface area contributed by atoms with Crippen molar-refractivity contribution in [3.8, 4) is 0 Å². The van der Waals surface area contributed by atoms with Gasteiger partial charge in [-0.05, 0) is 25.0 Å². The highest BCUT2D eigenvalue weighted by atomic mass is 32.2. The van der Waals surface area contributed by atoms with Gasteiger partial charge < -0.3 is 5.32 Å². The molecule has 0 heterocycles. The third-order valence-electron chi connectivity index (χ3n) is 3.11. The van der Waals surface area contributed by atoms with Gasteiger partial charge in [0.25, 0.3) is 0 Å². The molecule has 0 bridgehead atoms. The maximum atomic E-state index is 13.0. The molecule has 0 spiro atoms. The molecule has 0 aliphatic heterocycles. The van der Waals surface area contributed by atoms with Gasteiger partial charge in [-0.25, -0.2) is 8.42 Å². The number of rotatable bonds is 5. The van der Waals surface area contributed by atoms with Crippen molar-refractivity contribution < 1.29 is 26.4 Å². The van der Waals surface area contributed by atoms with E-state index in [9.17, 15) is 26.4 Å². The fourth-order valence-electron chi connectivity index (χ4n) is 1.94. The van der Waals surface area contributed by atoms with Crippen LogP contribution in [0.25, 0.3) is 0 Å². The maximum Gasteiger partial charge on any atom is 0.418 e. The second-order valence-corrected chi connectivity index (χ2v) is 7.03. The van der Waals surface area contributed by atoms with Gasteiger partial charge in [0.05, 0.1) is 17.5 Å². The molecular weight excluding hydrogens is 321 g/mol. The van der Waals surface area contributed by atoms with Gasteiger partial charge in [0.2, 0.25) is 15.9 Å². The Hall–Kier alpha value is -1.77. The first-order chi connectivity index (χ1) is 10.1. The first-order valence-corrected chi connectivity index (χ1v) is 8.37. The highest BCUT2D eigenvalue weighted by Gasteiger charge is 2.37. The summed E-state index contributed by atoms with van der Waals surface area (Å²) in [6, 6.07) is 4.27. The molecule has 0 saturated heterocycles. The molecule has 5 nitrogen and oxygen atoms in total. The number of nitrogens with zero attached hydrogens (tertiary/aromatic N) is 1. The zero-order valence-corrected chi connectivity index (χ0v) is 12.5. The zero-order chi connectivity index (χ0) is 16.5. The smallest absolute Gasteiger partial charge is 0.352 e. The molecule has 0 aromatic heterocycles. The third kappa shape index (κ3) is 4.12. The molecule has 1 aliphatic carbocycles. The van der Waals surface area contributed by atoms with Crippen LogP contribution in [0, 0.1) is 0 Å². The lowest BCUT2D eigenvalue weighted by molar-refractivity contribution is -0.137. The number of sulfonamides is 1. The van der Waals surface area contributed by atoms with E-state index in [-0.39, 0.29) is 6.04 Å². The monoisotopic (exact) mass is 336 g/mol. The topological polar surface area (TPSA) is 66.5 Å². The third-order valence-corrected chi connectivity index (χ3v) is 4.23. The first kappa shape index (κ1) is 16.6. The van der Waals surface area contributed by atoms with E-state index in [0.29, 0.717) is 4.31 Å². The van der Waals surface area contributed by atoms with E-state index in [0.717, 1.165) is 37.3 Å². The summed E-state index contributed by atoms with van der Waals surface area (Å²) in [7, 11) is -4.04. The fourth-order valence-corrected chi connectivity index (χ4v) is 2.81. The molecule has 1 fully saturated rings. The predicted molar refractivity (Wildman–Crippen MR) is 74.8 cm³/mol. The standard InChI is InChI=1S/C13H15F3N2O3S/c1-22(20,21)18(8-12(19)17-9-6-7-9)11-5-3-2-4-10(11)13(14,15)16/h2-5,9H,6-8H2,1H3,(H,17,19). The van der Waals surface area contributed by atoms with E-state index in [4.69, 9.17) is 0 Å². The number of carbonyl (C=O) groups is 1. The Balaban J connectivity index is 2.36. The molecule has 1 aromatic rings. The maximum absolute atomic E-state index is 13.0. The number of nitrogens with one attached hydrogen (secondary N) is 1. The van der Waals surface area contributed by atoms with Gasteiger partial charge in [-0.1, -0.05) is 12.1 Å². The molecule has 0 unspecified atom stereocenters. The lowest BCUT2D eigenvalue weighted by Crippen LogP contribution is -2.41. The van der Waals surface area contributed by atoms with Crippen LogP contribution in [-0.2, 0) is 21.0 Å². The van der Waals surface area contributed by atoms with E-state index in [1.54, 1.807) is 0 Å². The van der Waals surface area contributed by atoms with Crippen molar-refractivity contribution in [2.75, 3.05) is 17.1 Å². The van der Waals surface area contributed by atoms with Crippen molar-refractivity contribution >= 4 is 21.6 Å². The lowest BCUT2D eigenvalue weighted by atomic mass is 10.1. The van der Waals surface area contributed by atoms with Crippen LogP contribution in [0.2, 0.25) is 0 Å². The van der Waals surface area contributed by atoms with Crippen LogP contribution in [0.3, 0.4) is 0 Å². The summed E-state index contributed by atoms with van der Waals surface area (Å²) >= 11 is 0. The number of para-hydroxylation sites is 1. The number of amides is 1. The van der Waals surface area contributed by atoms with E-state index >= 15 is 0 Å². The van der Waals surface area contributed by atoms with Crippen molar-refractivity contribution in [2.24, 2.45) is 0 Å². The van der Waals surface area contributed by atoms with Gasteiger partial charge >= 0.3 is 6.18 Å². The number of hydrogen-bond donors (Lipinski definition) is 1. The van der Waals surface area contributed by atoms with Gasteiger partial charge in [-0.2, -0.15) is 13.2 Å². The van der Waals surface area contributed by atoms with Crippen LogP contribution >= 0.6 is 0 Å². The van der Waals surface area contributed by atoms with Gasteiger partial charge in [-0.15, -0.1) is 0 Å². The van der Waals surface area contributed by atoms with Crippen LogP contribution in [-0.4, -0.2) is 33.2 Å². The molecule has 1 saturated carbocycles. The summed E-state index contributed by atoms with van der Waals surface area (Å²) in [6.07, 6.45) is -2.36. The molecule has 0 radical (unpaired) electrons. The van der Waals surface area contributed by atoms with Gasteiger partial charge in [0, 0.05) is 6.04 Å². The van der Waals surface area contributed by atoms with Gasteiger partial charge in [-0.3, -0.25) is 9.10 Å². The SMILES string of the molecule is CS(=O)(=O)N(CC(=O)NC1CC1)c1ccccc1C(F)(F)F. The first-order valence-electron chi connectivity index (χ1n) is 6.52. The highest BCUT2D eigenvalue weighted by molar-refractivity contribution is 7.92. The Labute approximate surface area is 126 Å². The molecule has 22 heavy (non-hydrogen) atoms. The average Bonchev–Trinajstić information content (AvgIpc) is 3.17. The van der Waals surface area contributed by atoms with Crippen LogP contribution in [0.5, 0.6) is 0 Å². The number of anilines is 1. The summed E-state index contributed by atoms with van der Waals surface area (Å²) in [6.45, 7) is -0.678. The molecule has 0 atom stereocenters. The minimum atomic E-state index is -4.72. The number of benzene rings is 1. The quantitative estimate of drug-likeness (QED) is 0.891. The Morgan fingerprint density at radius 3 is 2.41 bits per heavy atom. The van der Waals surface area contributed by atoms with Gasteiger partial charge in [0.1, 0.15) is 6.54 Å². The van der Waals surface area contributed by atoms with Crippen LogP contribution in [0.4, 0.5) is 18.9 Å². The Bertz CT molecular complexity index is 669. The van der Waals surface area contributed by atoms with E-state index in [2.05, 4.69) is 5.32 Å². The highest BCUT2D eigenvalue weighted by Crippen LogP contribution is 2.37. The van der Waals surface area contributed by atoms with Crippen LogP contribution in [0.15, 0.2) is 24.3 Å². The van der Waals surface area contributed by atoms with Crippen molar-refractivity contribution in [3.05, 3.63) is 29.8 Å². The number of hydrogen-bond acceptors (Lipinski definition) is 3. The van der Waals surface area contributed by atoms with E-state index < -0.39 is 39.9 Å². The molecule has 9 heteroatoms. The van der Waals surface area contributed by atoms with E-state index in [1.165, 1.54) is 6.07 Å². The summed E-state index contributed by atoms with van der Waals surface area (Å²) < 4.78 is 63.2. The second kappa shape index (κ2) is 5.79. The Morgan fingerprint density at radius 2 is 1.91 bits per heavy atom. The molecule has 2 rings (SSSR count). The molecule has 1 N–H and O–H groups in total. The molecule has 1 amide bonds. The van der Waals surface area contributed by atoms with Crippen molar-refractivity contribution in [1.82, 2.24) is 5.32 Å².